The molecule has 1 heterocycles. The third kappa shape index (κ3) is 4.01. The van der Waals surface area contributed by atoms with Gasteiger partial charge < -0.3 is 14.8 Å². The third-order valence-electron chi connectivity index (χ3n) is 4.00. The summed E-state index contributed by atoms with van der Waals surface area (Å²) in [6, 6.07) is -0.313. The second-order valence-corrected chi connectivity index (χ2v) is 7.46. The lowest BCUT2D eigenvalue weighted by molar-refractivity contribution is -0.152. The molecule has 1 fully saturated rings. The fourth-order valence-electron chi connectivity index (χ4n) is 3.10. The Labute approximate surface area is 143 Å². The maximum absolute atomic E-state index is 12.2. The summed E-state index contributed by atoms with van der Waals surface area (Å²) in [5.74, 6) is -0.558. The number of alkyl carbamates (subject to hydrolysis) is 1. The first-order chi connectivity index (χ1) is 11.1. The van der Waals surface area contributed by atoms with Gasteiger partial charge in [-0.3, -0.25) is 15.1 Å². The molecule has 7 nitrogen and oxygen atoms in total. The Morgan fingerprint density at radius 1 is 1.38 bits per heavy atom. The van der Waals surface area contributed by atoms with Crippen LogP contribution in [0.1, 0.15) is 48.0 Å². The number of allylic oxidation sites excluding steroid dienone is 1. The van der Waals surface area contributed by atoms with Crippen LogP contribution < -0.4 is 10.8 Å². The number of fused-ring (bicyclic) bond motifs is 1. The van der Waals surface area contributed by atoms with E-state index in [1.165, 1.54) is 0 Å². The number of rotatable bonds is 4. The zero-order valence-corrected chi connectivity index (χ0v) is 15.3. The van der Waals surface area contributed by atoms with E-state index in [1.54, 1.807) is 6.92 Å². The van der Waals surface area contributed by atoms with Crippen molar-refractivity contribution in [3.05, 3.63) is 11.3 Å². The van der Waals surface area contributed by atoms with Crippen LogP contribution in [-0.2, 0) is 19.1 Å². The van der Waals surface area contributed by atoms with Crippen LogP contribution in [0, 0.1) is 11.8 Å². The molecule has 0 radical (unpaired) electrons. The van der Waals surface area contributed by atoms with E-state index in [-0.39, 0.29) is 17.9 Å². The van der Waals surface area contributed by atoms with Crippen molar-refractivity contribution in [1.29, 1.82) is 0 Å². The molecule has 1 saturated carbocycles. The zero-order chi connectivity index (χ0) is 18.1. The van der Waals surface area contributed by atoms with Gasteiger partial charge >= 0.3 is 12.1 Å². The quantitative estimate of drug-likeness (QED) is 0.764. The van der Waals surface area contributed by atoms with Crippen LogP contribution in [0.4, 0.5) is 4.79 Å². The van der Waals surface area contributed by atoms with Crippen LogP contribution in [0.15, 0.2) is 11.3 Å². The maximum atomic E-state index is 12.2. The van der Waals surface area contributed by atoms with E-state index in [2.05, 4.69) is 10.8 Å². The Balaban J connectivity index is 2.21. The minimum atomic E-state index is -0.581. The van der Waals surface area contributed by atoms with Crippen LogP contribution in [-0.4, -0.2) is 36.4 Å². The van der Waals surface area contributed by atoms with Gasteiger partial charge in [0.15, 0.2) is 0 Å². The number of carbonyl (C=O) groups excluding carboxylic acids is 2. The first-order valence-electron chi connectivity index (χ1n) is 8.45. The second kappa shape index (κ2) is 7.01. The number of carbonyl (C=O) groups is 2. The summed E-state index contributed by atoms with van der Waals surface area (Å²) in [6.45, 7) is 11.6. The zero-order valence-electron chi connectivity index (χ0n) is 15.3. The molecule has 7 heteroatoms. The number of hydrogen-bond donors (Lipinski definition) is 2. The van der Waals surface area contributed by atoms with E-state index in [1.807, 2.05) is 34.6 Å². The smallest absolute Gasteiger partial charge is 0.408 e. The predicted octanol–water partition coefficient (Wildman–Crippen LogP) is 2.28. The summed E-state index contributed by atoms with van der Waals surface area (Å²) in [5, 5.41) is 2.87. The van der Waals surface area contributed by atoms with Crippen molar-refractivity contribution in [2.24, 2.45) is 11.8 Å². The van der Waals surface area contributed by atoms with E-state index in [0.717, 1.165) is 11.3 Å². The highest BCUT2D eigenvalue weighted by Crippen LogP contribution is 2.40. The molecular formula is C17H28N2O5. The van der Waals surface area contributed by atoms with Gasteiger partial charge in [0.25, 0.3) is 0 Å². The van der Waals surface area contributed by atoms with Gasteiger partial charge in [0.1, 0.15) is 11.7 Å². The Morgan fingerprint density at radius 3 is 2.58 bits per heavy atom. The van der Waals surface area contributed by atoms with E-state index in [0.29, 0.717) is 13.0 Å². The summed E-state index contributed by atoms with van der Waals surface area (Å²) in [4.78, 5) is 30.0. The first-order valence-corrected chi connectivity index (χ1v) is 8.45. The van der Waals surface area contributed by atoms with E-state index >= 15 is 0 Å². The Bertz CT molecular complexity index is 536. The molecule has 0 aromatic rings. The molecule has 136 valence electrons. The lowest BCUT2D eigenvalue weighted by Gasteiger charge is -2.23. The van der Waals surface area contributed by atoms with Crippen molar-refractivity contribution < 1.29 is 23.9 Å². The summed E-state index contributed by atoms with van der Waals surface area (Å²) >= 11 is 0. The van der Waals surface area contributed by atoms with Gasteiger partial charge in [0.05, 0.1) is 18.6 Å². The molecule has 0 aromatic heterocycles. The second-order valence-electron chi connectivity index (χ2n) is 7.46. The van der Waals surface area contributed by atoms with Gasteiger partial charge in [0, 0.05) is 11.3 Å². The van der Waals surface area contributed by atoms with Crippen molar-refractivity contribution in [1.82, 2.24) is 10.8 Å². The first kappa shape index (κ1) is 18.6. The Kier molecular flexibility index (Phi) is 5.42. The minimum absolute atomic E-state index is 0.189. The van der Waals surface area contributed by atoms with Crippen molar-refractivity contribution in [3.63, 3.8) is 0 Å². The Morgan fingerprint density at radius 2 is 2.04 bits per heavy atom. The van der Waals surface area contributed by atoms with Gasteiger partial charge in [-0.05, 0) is 40.0 Å². The Hall–Kier alpha value is -1.76. The fraction of sp³-hybridized carbons (Fsp3) is 0.765. The maximum Gasteiger partial charge on any atom is 0.408 e. The highest BCUT2D eigenvalue weighted by Gasteiger charge is 2.50. The SMILES string of the molecule is CCOC(=O)C1CC(NC(=O)OC(C)(C)C)C2=C(C(C)C)NOC21. The fourth-order valence-corrected chi connectivity index (χ4v) is 3.10. The van der Waals surface area contributed by atoms with Crippen molar-refractivity contribution >= 4 is 12.1 Å². The molecule has 0 bridgehead atoms. The van der Waals surface area contributed by atoms with Gasteiger partial charge in [-0.15, -0.1) is 0 Å². The molecule has 0 aromatic carbocycles. The van der Waals surface area contributed by atoms with Crippen molar-refractivity contribution in [3.8, 4) is 0 Å². The van der Waals surface area contributed by atoms with E-state index < -0.39 is 23.7 Å². The van der Waals surface area contributed by atoms with E-state index in [4.69, 9.17) is 14.3 Å². The lowest BCUT2D eigenvalue weighted by Crippen LogP contribution is -2.39. The van der Waals surface area contributed by atoms with Crippen LogP contribution >= 0.6 is 0 Å². The number of amides is 1. The summed E-state index contributed by atoms with van der Waals surface area (Å²) in [5.41, 5.74) is 4.16. The number of esters is 1. The van der Waals surface area contributed by atoms with Gasteiger partial charge in [-0.2, -0.15) is 0 Å². The standard InChI is InChI=1S/C17H28N2O5/c1-7-22-15(20)10-8-11(18-16(21)23-17(4,5)6)12-13(9(2)3)19-24-14(10)12/h9-11,14,19H,7-8H2,1-6H3,(H,18,21). The molecule has 2 N–H and O–H groups in total. The molecule has 2 rings (SSSR count). The monoisotopic (exact) mass is 340 g/mol. The number of ether oxygens (including phenoxy) is 2. The van der Waals surface area contributed by atoms with Crippen molar-refractivity contribution in [2.75, 3.05) is 6.61 Å². The molecule has 1 amide bonds. The topological polar surface area (TPSA) is 85.9 Å². The highest BCUT2D eigenvalue weighted by molar-refractivity contribution is 5.76. The number of hydroxylamine groups is 1. The van der Waals surface area contributed by atoms with Crippen LogP contribution in [0.5, 0.6) is 0 Å². The molecule has 24 heavy (non-hydrogen) atoms. The molecule has 2 aliphatic rings. The minimum Gasteiger partial charge on any atom is -0.466 e. The molecule has 0 spiro atoms. The van der Waals surface area contributed by atoms with Crippen LogP contribution in [0.3, 0.4) is 0 Å². The predicted molar refractivity (Wildman–Crippen MR) is 87.8 cm³/mol. The number of nitrogens with one attached hydrogen (secondary N) is 2. The van der Waals surface area contributed by atoms with Crippen LogP contribution in [0.2, 0.25) is 0 Å². The molecular weight excluding hydrogens is 312 g/mol. The molecule has 3 atom stereocenters. The molecule has 1 aliphatic heterocycles. The lowest BCUT2D eigenvalue weighted by atomic mass is 9.99. The largest absolute Gasteiger partial charge is 0.466 e. The summed E-state index contributed by atoms with van der Waals surface area (Å²) < 4.78 is 10.5. The summed E-state index contributed by atoms with van der Waals surface area (Å²) in [6.07, 6.45) is -0.477. The third-order valence-corrected chi connectivity index (χ3v) is 4.00. The average Bonchev–Trinajstić information content (AvgIpc) is 2.98. The normalized spacial score (nSPS) is 26.2. The van der Waals surface area contributed by atoms with Gasteiger partial charge in [0.2, 0.25) is 0 Å². The van der Waals surface area contributed by atoms with Gasteiger partial charge in [-0.1, -0.05) is 13.8 Å². The molecule has 3 unspecified atom stereocenters. The number of hydrogen-bond acceptors (Lipinski definition) is 6. The molecule has 0 saturated heterocycles. The van der Waals surface area contributed by atoms with Crippen LogP contribution in [0.25, 0.3) is 0 Å². The highest BCUT2D eigenvalue weighted by atomic mass is 16.7. The average molecular weight is 340 g/mol. The van der Waals surface area contributed by atoms with Gasteiger partial charge in [-0.25, -0.2) is 4.79 Å². The molecule has 1 aliphatic carbocycles. The summed E-state index contributed by atoms with van der Waals surface area (Å²) in [7, 11) is 0. The van der Waals surface area contributed by atoms with E-state index in [9.17, 15) is 9.59 Å². The van der Waals surface area contributed by atoms with Crippen molar-refractivity contribution in [2.45, 2.75) is 65.7 Å².